The van der Waals surface area contributed by atoms with Crippen LogP contribution >= 0.6 is 0 Å². The van der Waals surface area contributed by atoms with Gasteiger partial charge in [0.2, 0.25) is 10.0 Å². The number of fused-ring (bicyclic) bond motifs is 1. The second kappa shape index (κ2) is 6.28. The summed E-state index contributed by atoms with van der Waals surface area (Å²) >= 11 is 0. The van der Waals surface area contributed by atoms with Gasteiger partial charge in [0.25, 0.3) is 5.91 Å². The van der Waals surface area contributed by atoms with Gasteiger partial charge in [-0.15, -0.1) is 0 Å². The number of hydrogen-bond donors (Lipinski definition) is 1. The van der Waals surface area contributed by atoms with Crippen LogP contribution in [0.15, 0.2) is 18.2 Å². The predicted octanol–water partition coefficient (Wildman–Crippen LogP) is 2.17. The number of benzene rings is 1. The molecule has 0 fully saturated rings. The van der Waals surface area contributed by atoms with Gasteiger partial charge in [-0.25, -0.2) is 8.42 Å². The summed E-state index contributed by atoms with van der Waals surface area (Å²) in [6.07, 6.45) is 0.639. The van der Waals surface area contributed by atoms with Crippen LogP contribution in [0.3, 0.4) is 0 Å². The van der Waals surface area contributed by atoms with Crippen LogP contribution in [0.1, 0.15) is 43.6 Å². The number of rotatable bonds is 5. The van der Waals surface area contributed by atoms with Crippen molar-refractivity contribution in [3.05, 3.63) is 29.3 Å². The lowest BCUT2D eigenvalue weighted by Gasteiger charge is -2.23. The van der Waals surface area contributed by atoms with Crippen molar-refractivity contribution >= 4 is 21.6 Å². The average molecular weight is 324 g/mol. The van der Waals surface area contributed by atoms with Crippen molar-refractivity contribution in [2.75, 3.05) is 16.6 Å². The topological polar surface area (TPSA) is 66.5 Å². The zero-order valence-corrected chi connectivity index (χ0v) is 14.4. The Morgan fingerprint density at radius 3 is 2.68 bits per heavy atom. The maximum atomic E-state index is 12.2. The summed E-state index contributed by atoms with van der Waals surface area (Å²) in [6, 6.07) is 5.15. The zero-order valence-electron chi connectivity index (χ0n) is 13.6. The van der Waals surface area contributed by atoms with Crippen LogP contribution < -0.4 is 9.62 Å². The van der Waals surface area contributed by atoms with Gasteiger partial charge < -0.3 is 5.32 Å². The quantitative estimate of drug-likeness (QED) is 0.902. The molecule has 0 aliphatic carbocycles. The van der Waals surface area contributed by atoms with Gasteiger partial charge in [0.05, 0.1) is 11.4 Å². The third-order valence-corrected chi connectivity index (χ3v) is 5.72. The molecule has 1 aromatic rings. The fourth-order valence-corrected chi connectivity index (χ4v) is 4.08. The molecule has 0 aromatic heterocycles. The van der Waals surface area contributed by atoms with Crippen LogP contribution in [0, 0.1) is 5.92 Å². The number of sulfonamides is 1. The Hall–Kier alpha value is -1.56. The number of carbonyl (C=O) groups excluding carboxylic acids is 1. The van der Waals surface area contributed by atoms with Crippen LogP contribution in [-0.4, -0.2) is 32.7 Å². The third-order valence-electron chi connectivity index (χ3n) is 3.83. The zero-order chi connectivity index (χ0) is 16.5. The smallest absolute Gasteiger partial charge is 0.251 e. The highest BCUT2D eigenvalue weighted by Crippen LogP contribution is 2.35. The maximum Gasteiger partial charge on any atom is 0.251 e. The maximum absolute atomic E-state index is 12.2. The first kappa shape index (κ1) is 16.8. The number of nitrogens with one attached hydrogen (secondary N) is 1. The minimum absolute atomic E-state index is 0.0768. The molecule has 1 N–H and O–H groups in total. The van der Waals surface area contributed by atoms with Gasteiger partial charge in [-0.3, -0.25) is 9.10 Å². The second-order valence-corrected chi connectivity index (χ2v) is 8.33. The SMILES string of the molecule is CCS(=O)(=O)N1c2ccc(C(=O)NCC(C)C)cc2C[C@H]1C. The molecule has 1 atom stereocenters. The number of hydrogen-bond acceptors (Lipinski definition) is 3. The summed E-state index contributed by atoms with van der Waals surface area (Å²) in [5.74, 6) is 0.359. The van der Waals surface area contributed by atoms with E-state index in [0.717, 1.165) is 5.56 Å². The molecule has 1 aromatic carbocycles. The Balaban J connectivity index is 2.27. The third kappa shape index (κ3) is 3.27. The molecule has 1 aliphatic rings. The first-order chi connectivity index (χ1) is 10.3. The van der Waals surface area contributed by atoms with E-state index in [1.807, 2.05) is 26.8 Å². The normalized spacial score (nSPS) is 17.7. The molecular weight excluding hydrogens is 300 g/mol. The molecule has 0 spiro atoms. The van der Waals surface area contributed by atoms with Gasteiger partial charge in [0.15, 0.2) is 0 Å². The Kier molecular flexibility index (Phi) is 4.80. The molecule has 5 nitrogen and oxygen atoms in total. The lowest BCUT2D eigenvalue weighted by Crippen LogP contribution is -2.36. The van der Waals surface area contributed by atoms with E-state index >= 15 is 0 Å². The molecule has 122 valence electrons. The van der Waals surface area contributed by atoms with E-state index in [2.05, 4.69) is 5.32 Å². The van der Waals surface area contributed by atoms with E-state index in [1.165, 1.54) is 4.31 Å². The van der Waals surface area contributed by atoms with E-state index in [9.17, 15) is 13.2 Å². The largest absolute Gasteiger partial charge is 0.352 e. The average Bonchev–Trinajstić information content (AvgIpc) is 2.80. The molecule has 0 bridgehead atoms. The summed E-state index contributed by atoms with van der Waals surface area (Å²) in [6.45, 7) is 8.25. The Labute approximate surface area is 132 Å². The molecule has 2 rings (SSSR count). The molecule has 1 amide bonds. The number of anilines is 1. The Bertz CT molecular complexity index is 668. The molecule has 1 heterocycles. The van der Waals surface area contributed by atoms with Gasteiger partial charge in [-0.2, -0.15) is 0 Å². The standard InChI is InChI=1S/C16H24N2O3S/c1-5-22(20,21)18-12(4)8-14-9-13(6-7-15(14)18)16(19)17-10-11(2)3/h6-7,9,11-12H,5,8,10H2,1-4H3,(H,17,19)/t12-/m1/s1. The van der Waals surface area contributed by atoms with Gasteiger partial charge in [0.1, 0.15) is 0 Å². The van der Waals surface area contributed by atoms with Crippen LogP contribution in [0.4, 0.5) is 5.69 Å². The molecule has 0 saturated heterocycles. The van der Waals surface area contributed by atoms with E-state index in [1.54, 1.807) is 19.1 Å². The van der Waals surface area contributed by atoms with E-state index < -0.39 is 10.0 Å². The molecule has 0 radical (unpaired) electrons. The molecule has 22 heavy (non-hydrogen) atoms. The highest BCUT2D eigenvalue weighted by atomic mass is 32.2. The van der Waals surface area contributed by atoms with E-state index in [-0.39, 0.29) is 17.7 Å². The molecular formula is C16H24N2O3S. The summed E-state index contributed by atoms with van der Waals surface area (Å²) in [4.78, 5) is 12.1. The van der Waals surface area contributed by atoms with Gasteiger partial charge >= 0.3 is 0 Å². The summed E-state index contributed by atoms with van der Waals surface area (Å²) < 4.78 is 25.9. The van der Waals surface area contributed by atoms with Crippen LogP contribution in [-0.2, 0) is 16.4 Å². The number of amides is 1. The van der Waals surface area contributed by atoms with Crippen molar-refractivity contribution in [3.8, 4) is 0 Å². The van der Waals surface area contributed by atoms with E-state index in [4.69, 9.17) is 0 Å². The highest BCUT2D eigenvalue weighted by Gasteiger charge is 2.34. The van der Waals surface area contributed by atoms with Crippen molar-refractivity contribution < 1.29 is 13.2 Å². The Morgan fingerprint density at radius 2 is 2.09 bits per heavy atom. The monoisotopic (exact) mass is 324 g/mol. The summed E-state index contributed by atoms with van der Waals surface area (Å²) in [5, 5.41) is 2.88. The molecule has 0 saturated carbocycles. The lowest BCUT2D eigenvalue weighted by molar-refractivity contribution is 0.0949. The summed E-state index contributed by atoms with van der Waals surface area (Å²) in [5.41, 5.74) is 2.21. The minimum Gasteiger partial charge on any atom is -0.352 e. The van der Waals surface area contributed by atoms with Gasteiger partial charge in [-0.05, 0) is 49.9 Å². The van der Waals surface area contributed by atoms with Crippen LogP contribution in [0.25, 0.3) is 0 Å². The van der Waals surface area contributed by atoms with E-state index in [0.29, 0.717) is 30.1 Å². The van der Waals surface area contributed by atoms with Crippen molar-refractivity contribution in [1.82, 2.24) is 5.32 Å². The van der Waals surface area contributed by atoms with Crippen molar-refractivity contribution in [1.29, 1.82) is 0 Å². The van der Waals surface area contributed by atoms with Gasteiger partial charge in [-0.1, -0.05) is 13.8 Å². The first-order valence-electron chi connectivity index (χ1n) is 7.69. The van der Waals surface area contributed by atoms with Crippen molar-refractivity contribution in [2.45, 2.75) is 40.2 Å². The molecule has 6 heteroatoms. The molecule has 0 unspecified atom stereocenters. The highest BCUT2D eigenvalue weighted by molar-refractivity contribution is 7.92. The lowest BCUT2D eigenvalue weighted by atomic mass is 10.1. The van der Waals surface area contributed by atoms with Gasteiger partial charge in [0, 0.05) is 18.2 Å². The van der Waals surface area contributed by atoms with Crippen molar-refractivity contribution in [3.63, 3.8) is 0 Å². The predicted molar refractivity (Wildman–Crippen MR) is 88.7 cm³/mol. The molecule has 1 aliphatic heterocycles. The van der Waals surface area contributed by atoms with Crippen LogP contribution in [0.2, 0.25) is 0 Å². The van der Waals surface area contributed by atoms with Crippen molar-refractivity contribution in [2.24, 2.45) is 5.92 Å². The number of nitrogens with zero attached hydrogens (tertiary/aromatic N) is 1. The number of carbonyl (C=O) groups is 1. The summed E-state index contributed by atoms with van der Waals surface area (Å²) in [7, 11) is -3.28. The fraction of sp³-hybridized carbons (Fsp3) is 0.562. The fourth-order valence-electron chi connectivity index (χ4n) is 2.71. The first-order valence-corrected chi connectivity index (χ1v) is 9.30. The Morgan fingerprint density at radius 1 is 1.41 bits per heavy atom. The van der Waals surface area contributed by atoms with Crippen LogP contribution in [0.5, 0.6) is 0 Å². The minimum atomic E-state index is -3.28. The second-order valence-electron chi connectivity index (χ2n) is 6.20.